The molecule has 2 atom stereocenters. The lowest BCUT2D eigenvalue weighted by molar-refractivity contribution is -0.139. The summed E-state index contributed by atoms with van der Waals surface area (Å²) in [7, 11) is 3.15. The second-order valence-electron chi connectivity index (χ2n) is 9.57. The average molecular weight is 576 g/mol. The first-order valence-electron chi connectivity index (χ1n) is 12.5. The van der Waals surface area contributed by atoms with E-state index in [-0.39, 0.29) is 47.4 Å². The molecule has 2 N–H and O–H groups in total. The van der Waals surface area contributed by atoms with E-state index in [1.807, 2.05) is 4.90 Å². The summed E-state index contributed by atoms with van der Waals surface area (Å²) < 4.78 is 71.4. The number of nitrogens with zero attached hydrogens (tertiary/aromatic N) is 3. The first-order valence-corrected chi connectivity index (χ1v) is 12.5. The van der Waals surface area contributed by atoms with E-state index in [2.05, 4.69) is 20.6 Å². The van der Waals surface area contributed by atoms with Crippen LogP contribution < -0.4 is 20.1 Å². The molecule has 0 unspecified atom stereocenters. The topological polar surface area (TPSA) is 115 Å². The summed E-state index contributed by atoms with van der Waals surface area (Å²) in [4.78, 5) is 34.4. The number of fused-ring (bicyclic) bond motifs is 1. The van der Waals surface area contributed by atoms with Crippen molar-refractivity contribution in [3.8, 4) is 17.4 Å². The predicted molar refractivity (Wildman–Crippen MR) is 137 cm³/mol. The van der Waals surface area contributed by atoms with Crippen molar-refractivity contribution in [1.82, 2.24) is 20.2 Å². The van der Waals surface area contributed by atoms with Crippen molar-refractivity contribution in [1.29, 1.82) is 0 Å². The van der Waals surface area contributed by atoms with Gasteiger partial charge >= 0.3 is 12.1 Å². The van der Waals surface area contributed by atoms with E-state index in [1.165, 1.54) is 37.4 Å². The Hall–Kier alpha value is -4.46. The van der Waals surface area contributed by atoms with E-state index < -0.39 is 41.7 Å². The zero-order valence-corrected chi connectivity index (χ0v) is 21.9. The van der Waals surface area contributed by atoms with Crippen LogP contribution in [0.25, 0.3) is 0 Å². The number of aromatic nitrogens is 2. The zero-order chi connectivity index (χ0) is 29.3. The van der Waals surface area contributed by atoms with Crippen LogP contribution in [0.5, 0.6) is 17.4 Å². The maximum Gasteiger partial charge on any atom is 0.423 e. The van der Waals surface area contributed by atoms with Gasteiger partial charge in [0.05, 0.1) is 18.8 Å². The molecular formula is C27H25F4N5O5. The summed E-state index contributed by atoms with van der Waals surface area (Å²) >= 11 is 0. The Morgan fingerprint density at radius 2 is 2.00 bits per heavy atom. The summed E-state index contributed by atoms with van der Waals surface area (Å²) in [6.45, 7) is 0.842. The number of hydrogen-bond donors (Lipinski definition) is 2. The van der Waals surface area contributed by atoms with Crippen molar-refractivity contribution in [2.24, 2.45) is 0 Å². The Balaban J connectivity index is 1.39. The van der Waals surface area contributed by atoms with Gasteiger partial charge in [-0.15, -0.1) is 0 Å². The molecule has 2 aliphatic heterocycles. The normalized spacial score (nSPS) is 18.8. The molecule has 3 aromatic rings. The number of esters is 1. The number of hydrogen-bond acceptors (Lipinski definition) is 9. The minimum atomic E-state index is -4.86. The molecule has 2 aromatic carbocycles. The highest BCUT2D eigenvalue weighted by Gasteiger charge is 2.37. The van der Waals surface area contributed by atoms with Gasteiger partial charge in [0.25, 0.3) is 5.91 Å². The van der Waals surface area contributed by atoms with Crippen molar-refractivity contribution in [2.75, 3.05) is 32.6 Å². The highest BCUT2D eigenvalue weighted by molar-refractivity contribution is 5.96. The van der Waals surface area contributed by atoms with Gasteiger partial charge in [0.1, 0.15) is 35.4 Å². The fourth-order valence-corrected chi connectivity index (χ4v) is 4.56. The van der Waals surface area contributed by atoms with Crippen LogP contribution in [0, 0.1) is 0 Å². The van der Waals surface area contributed by atoms with Gasteiger partial charge < -0.3 is 29.7 Å². The number of halogens is 4. The minimum absolute atomic E-state index is 0.0172. The fourth-order valence-electron chi connectivity index (χ4n) is 4.56. The molecule has 0 bridgehead atoms. The lowest BCUT2D eigenvalue weighted by atomic mass is 10.0. The summed E-state index contributed by atoms with van der Waals surface area (Å²) in [6.07, 6.45) is -5.06. The minimum Gasteiger partial charge on any atom is -0.495 e. The van der Waals surface area contributed by atoms with E-state index in [0.717, 1.165) is 0 Å². The third-order valence-corrected chi connectivity index (χ3v) is 6.71. The molecule has 10 nitrogen and oxygen atoms in total. The van der Waals surface area contributed by atoms with Crippen LogP contribution in [0.1, 0.15) is 38.3 Å². The van der Waals surface area contributed by atoms with E-state index in [4.69, 9.17) is 14.2 Å². The van der Waals surface area contributed by atoms with Crippen molar-refractivity contribution >= 4 is 23.5 Å². The Bertz CT molecular complexity index is 1480. The molecule has 3 heterocycles. The summed E-state index contributed by atoms with van der Waals surface area (Å²) in [5.74, 6) is -2.31. The van der Waals surface area contributed by atoms with Gasteiger partial charge in [0.15, 0.2) is 0 Å². The number of carbonyl (C=O) groups is 2. The Kier molecular flexibility index (Phi) is 7.67. The molecule has 0 radical (unpaired) electrons. The average Bonchev–Trinajstić information content (AvgIpc) is 3.31. The van der Waals surface area contributed by atoms with Gasteiger partial charge in [-0.1, -0.05) is 12.1 Å². The predicted octanol–water partition coefficient (Wildman–Crippen LogP) is 4.48. The van der Waals surface area contributed by atoms with Gasteiger partial charge in [0, 0.05) is 30.4 Å². The monoisotopic (exact) mass is 575 g/mol. The van der Waals surface area contributed by atoms with Crippen LogP contribution >= 0.6 is 0 Å². The standard InChI is InChI=1S/C27H25F4N5O5/c1-36-9-8-18(17(28)12-36)33-23(37)14-6-7-19(21(10-14)39-2)34-26-32-11-16(27(29,30)31)24(35-26)41-20-5-3-4-15-13-40-25(38)22(15)20/h3-7,10-11,17-18H,8-9,12-13H2,1-2H3,(H,33,37)(H,32,34,35)/t17-,18+/m1/s1. The van der Waals surface area contributed by atoms with Crippen LogP contribution in [-0.4, -0.2) is 66.2 Å². The van der Waals surface area contributed by atoms with Gasteiger partial charge in [-0.2, -0.15) is 18.2 Å². The third-order valence-electron chi connectivity index (χ3n) is 6.71. The van der Waals surface area contributed by atoms with Crippen LogP contribution in [0.2, 0.25) is 0 Å². The number of methoxy groups -OCH3 is 1. The van der Waals surface area contributed by atoms with Crippen LogP contribution in [0.15, 0.2) is 42.6 Å². The highest BCUT2D eigenvalue weighted by Crippen LogP contribution is 2.40. The highest BCUT2D eigenvalue weighted by atomic mass is 19.4. The molecule has 2 aliphatic rings. The lowest BCUT2D eigenvalue weighted by Gasteiger charge is -2.32. The number of benzene rings is 2. The van der Waals surface area contributed by atoms with Crippen molar-refractivity contribution in [2.45, 2.75) is 31.4 Å². The Morgan fingerprint density at radius 3 is 2.73 bits per heavy atom. The molecule has 0 saturated carbocycles. The second kappa shape index (κ2) is 11.2. The Labute approximate surface area is 231 Å². The number of alkyl halides is 4. The second-order valence-corrected chi connectivity index (χ2v) is 9.57. The molecule has 1 amide bonds. The smallest absolute Gasteiger partial charge is 0.423 e. The fraction of sp³-hybridized carbons (Fsp3) is 0.333. The molecule has 0 aliphatic carbocycles. The molecule has 1 aromatic heterocycles. The zero-order valence-electron chi connectivity index (χ0n) is 21.9. The first kappa shape index (κ1) is 28.1. The number of carbonyl (C=O) groups excluding carboxylic acids is 2. The molecular weight excluding hydrogens is 550 g/mol. The van der Waals surface area contributed by atoms with Crippen LogP contribution in [-0.2, 0) is 17.5 Å². The summed E-state index contributed by atoms with van der Waals surface area (Å²) in [6, 6.07) is 8.14. The summed E-state index contributed by atoms with van der Waals surface area (Å²) in [5, 5.41) is 5.47. The van der Waals surface area contributed by atoms with E-state index in [0.29, 0.717) is 24.7 Å². The third kappa shape index (κ3) is 6.01. The van der Waals surface area contributed by atoms with Crippen LogP contribution in [0.3, 0.4) is 0 Å². The Morgan fingerprint density at radius 1 is 1.20 bits per heavy atom. The van der Waals surface area contributed by atoms with Crippen molar-refractivity contribution in [3.63, 3.8) is 0 Å². The molecule has 216 valence electrons. The molecule has 0 spiro atoms. The molecule has 1 fully saturated rings. The van der Waals surface area contributed by atoms with Crippen molar-refractivity contribution in [3.05, 3.63) is 64.8 Å². The number of nitrogens with one attached hydrogen (secondary N) is 2. The van der Waals surface area contributed by atoms with Gasteiger partial charge in [0.2, 0.25) is 11.8 Å². The number of amides is 1. The van der Waals surface area contributed by atoms with E-state index in [1.54, 1.807) is 13.1 Å². The number of rotatable bonds is 7. The summed E-state index contributed by atoms with van der Waals surface area (Å²) in [5.41, 5.74) is -0.336. The number of likely N-dealkylation sites (tertiary alicyclic amines) is 1. The number of piperidine rings is 1. The number of cyclic esters (lactones) is 1. The van der Waals surface area contributed by atoms with E-state index in [9.17, 15) is 27.2 Å². The maximum absolute atomic E-state index is 14.4. The lowest BCUT2D eigenvalue weighted by Crippen LogP contribution is -2.51. The number of anilines is 2. The van der Waals surface area contributed by atoms with Crippen molar-refractivity contribution < 1.29 is 41.4 Å². The van der Waals surface area contributed by atoms with Gasteiger partial charge in [-0.3, -0.25) is 4.79 Å². The molecule has 14 heteroatoms. The largest absolute Gasteiger partial charge is 0.495 e. The molecule has 5 rings (SSSR count). The number of ether oxygens (including phenoxy) is 3. The first-order chi connectivity index (χ1) is 19.5. The SMILES string of the molecule is COc1cc(C(=O)N[C@H]2CCN(C)C[C@H]2F)ccc1Nc1ncc(C(F)(F)F)c(Oc2cccc3c2C(=O)OC3)n1. The molecule has 1 saturated heterocycles. The van der Waals surface area contributed by atoms with Gasteiger partial charge in [-0.25, -0.2) is 14.2 Å². The van der Waals surface area contributed by atoms with E-state index >= 15 is 0 Å². The van der Waals surface area contributed by atoms with Crippen LogP contribution in [0.4, 0.5) is 29.2 Å². The van der Waals surface area contributed by atoms with Gasteiger partial charge in [-0.05, 0) is 37.7 Å². The maximum atomic E-state index is 14.4. The quantitative estimate of drug-likeness (QED) is 0.311. The molecule has 41 heavy (non-hydrogen) atoms.